The van der Waals surface area contributed by atoms with Crippen LogP contribution >= 0.6 is 0 Å². The first-order chi connectivity index (χ1) is 9.82. The fraction of sp³-hybridized carbons (Fsp3) is 0.786. The van der Waals surface area contributed by atoms with E-state index in [1.165, 1.54) is 0 Å². The van der Waals surface area contributed by atoms with Crippen molar-refractivity contribution < 1.29 is 19.5 Å². The number of likely N-dealkylation sites (tertiary alicyclic amines) is 2. The number of aliphatic carboxylic acids is 1. The average Bonchev–Trinajstić information content (AvgIpc) is 2.80. The number of nitrogens with two attached hydrogens (primary N) is 1. The summed E-state index contributed by atoms with van der Waals surface area (Å²) in [5.41, 5.74) is 5.35. The second-order valence-corrected chi connectivity index (χ2v) is 6.13. The van der Waals surface area contributed by atoms with E-state index < -0.39 is 11.9 Å². The largest absolute Gasteiger partial charge is 0.481 e. The van der Waals surface area contributed by atoms with Gasteiger partial charge in [0.1, 0.15) is 0 Å². The molecule has 2 rings (SSSR count). The molecule has 2 heterocycles. The summed E-state index contributed by atoms with van der Waals surface area (Å²) in [7, 11) is 0. The maximum absolute atomic E-state index is 12.7. The van der Waals surface area contributed by atoms with Crippen molar-refractivity contribution in [1.82, 2.24) is 9.80 Å². The van der Waals surface area contributed by atoms with E-state index >= 15 is 0 Å². The van der Waals surface area contributed by atoms with E-state index in [-0.39, 0.29) is 29.9 Å². The highest BCUT2D eigenvalue weighted by Gasteiger charge is 2.42. The first-order valence-electron chi connectivity index (χ1n) is 7.42. The maximum Gasteiger partial charge on any atom is 0.320 e. The van der Waals surface area contributed by atoms with Crippen LogP contribution in [-0.4, -0.2) is 58.0 Å². The molecule has 0 aromatic heterocycles. The molecule has 4 atom stereocenters. The summed E-state index contributed by atoms with van der Waals surface area (Å²) in [6.45, 7) is 4.49. The Balaban J connectivity index is 2.08. The summed E-state index contributed by atoms with van der Waals surface area (Å²) in [6.07, 6.45) is 1.92. The van der Waals surface area contributed by atoms with Crippen LogP contribution in [-0.2, 0) is 9.59 Å². The minimum atomic E-state index is -0.862. The van der Waals surface area contributed by atoms with Crippen LogP contribution in [0.2, 0.25) is 0 Å². The lowest BCUT2D eigenvalue weighted by atomic mass is 9.93. The zero-order valence-electron chi connectivity index (χ0n) is 12.5. The van der Waals surface area contributed by atoms with E-state index in [2.05, 4.69) is 0 Å². The number of carboxylic acids is 1. The van der Waals surface area contributed by atoms with Crippen molar-refractivity contribution in [1.29, 1.82) is 0 Å². The van der Waals surface area contributed by atoms with Crippen LogP contribution in [0.1, 0.15) is 33.1 Å². The summed E-state index contributed by atoms with van der Waals surface area (Å²) in [6, 6.07) is -0.454. The zero-order valence-corrected chi connectivity index (χ0v) is 12.5. The molecule has 0 aromatic rings. The number of hydrogen-bond acceptors (Lipinski definition) is 3. The van der Waals surface area contributed by atoms with Gasteiger partial charge in [-0.25, -0.2) is 4.79 Å². The minimum absolute atomic E-state index is 0.0455. The van der Waals surface area contributed by atoms with Gasteiger partial charge >= 0.3 is 12.0 Å². The molecule has 0 saturated carbocycles. The molecule has 21 heavy (non-hydrogen) atoms. The topological polar surface area (TPSA) is 104 Å². The van der Waals surface area contributed by atoms with Gasteiger partial charge in [-0.3, -0.25) is 9.59 Å². The molecule has 0 aromatic carbocycles. The van der Waals surface area contributed by atoms with Crippen molar-refractivity contribution in [2.75, 3.05) is 13.1 Å². The molecule has 2 saturated heterocycles. The Kier molecular flexibility index (Phi) is 4.39. The molecular weight excluding hydrogens is 274 g/mol. The highest BCUT2D eigenvalue weighted by molar-refractivity contribution is 5.81. The van der Waals surface area contributed by atoms with E-state index in [4.69, 9.17) is 10.8 Å². The van der Waals surface area contributed by atoms with E-state index in [0.717, 1.165) is 6.42 Å². The Morgan fingerprint density at radius 3 is 2.29 bits per heavy atom. The molecule has 2 fully saturated rings. The predicted molar refractivity (Wildman–Crippen MR) is 75.4 cm³/mol. The Morgan fingerprint density at radius 2 is 1.76 bits per heavy atom. The van der Waals surface area contributed by atoms with Crippen molar-refractivity contribution in [2.45, 2.75) is 45.2 Å². The molecule has 7 nitrogen and oxygen atoms in total. The van der Waals surface area contributed by atoms with Crippen LogP contribution < -0.4 is 5.73 Å². The summed E-state index contributed by atoms with van der Waals surface area (Å²) >= 11 is 0. The normalized spacial score (nSPS) is 33.0. The molecule has 4 unspecified atom stereocenters. The molecule has 2 aliphatic heterocycles. The van der Waals surface area contributed by atoms with Gasteiger partial charge in [-0.2, -0.15) is 0 Å². The van der Waals surface area contributed by atoms with E-state index in [1.807, 2.05) is 6.92 Å². The SMILES string of the molecule is CC1CCC(C(N)=O)CN1C(=O)N1CCC(C(=O)O)C1C. The summed E-state index contributed by atoms with van der Waals surface area (Å²) in [5.74, 6) is -2.06. The van der Waals surface area contributed by atoms with Gasteiger partial charge in [0.2, 0.25) is 5.91 Å². The van der Waals surface area contributed by atoms with Gasteiger partial charge in [0.15, 0.2) is 0 Å². The predicted octanol–water partition coefficient (Wildman–Crippen LogP) is 0.487. The first-order valence-corrected chi connectivity index (χ1v) is 7.42. The minimum Gasteiger partial charge on any atom is -0.481 e. The van der Waals surface area contributed by atoms with Crippen LogP contribution in [0.5, 0.6) is 0 Å². The van der Waals surface area contributed by atoms with Crippen LogP contribution in [0.3, 0.4) is 0 Å². The average molecular weight is 297 g/mol. The van der Waals surface area contributed by atoms with Crippen LogP contribution in [0.15, 0.2) is 0 Å². The number of carbonyl (C=O) groups is 3. The molecule has 7 heteroatoms. The number of hydrogen-bond donors (Lipinski definition) is 2. The second kappa shape index (κ2) is 5.91. The van der Waals surface area contributed by atoms with Gasteiger partial charge in [0.05, 0.1) is 11.8 Å². The molecule has 2 aliphatic rings. The van der Waals surface area contributed by atoms with Crippen molar-refractivity contribution in [2.24, 2.45) is 17.6 Å². The van der Waals surface area contributed by atoms with Gasteiger partial charge in [-0.1, -0.05) is 0 Å². The third-order valence-electron chi connectivity index (χ3n) is 4.85. The fourth-order valence-corrected chi connectivity index (χ4v) is 3.31. The van der Waals surface area contributed by atoms with E-state index in [9.17, 15) is 14.4 Å². The van der Waals surface area contributed by atoms with Gasteiger partial charge in [-0.15, -0.1) is 0 Å². The highest BCUT2D eigenvalue weighted by atomic mass is 16.4. The number of rotatable bonds is 2. The molecule has 3 amide bonds. The summed E-state index contributed by atoms with van der Waals surface area (Å²) in [5, 5.41) is 9.15. The molecule has 118 valence electrons. The lowest BCUT2D eigenvalue weighted by molar-refractivity contribution is -0.142. The number of amides is 3. The number of piperidine rings is 1. The van der Waals surface area contributed by atoms with Crippen molar-refractivity contribution in [3.8, 4) is 0 Å². The Morgan fingerprint density at radius 1 is 1.10 bits per heavy atom. The van der Waals surface area contributed by atoms with Crippen molar-refractivity contribution in [3.63, 3.8) is 0 Å². The van der Waals surface area contributed by atoms with E-state index in [1.54, 1.807) is 16.7 Å². The number of carbonyl (C=O) groups excluding carboxylic acids is 2. The second-order valence-electron chi connectivity index (χ2n) is 6.13. The molecule has 0 spiro atoms. The smallest absolute Gasteiger partial charge is 0.320 e. The highest BCUT2D eigenvalue weighted by Crippen LogP contribution is 2.29. The van der Waals surface area contributed by atoms with Crippen molar-refractivity contribution >= 4 is 17.9 Å². The van der Waals surface area contributed by atoms with Crippen LogP contribution in [0.25, 0.3) is 0 Å². The van der Waals surface area contributed by atoms with Crippen molar-refractivity contribution in [3.05, 3.63) is 0 Å². The third kappa shape index (κ3) is 2.96. The molecule has 0 bridgehead atoms. The van der Waals surface area contributed by atoms with Gasteiger partial charge in [0.25, 0.3) is 0 Å². The quantitative estimate of drug-likeness (QED) is 0.773. The maximum atomic E-state index is 12.7. The standard InChI is InChI=1S/C14H23N3O4/c1-8-3-4-10(12(15)18)7-17(8)14(21)16-6-5-11(9(16)2)13(19)20/h8-11H,3-7H2,1-2H3,(H2,15,18)(H,19,20). The molecule has 0 radical (unpaired) electrons. The number of primary amides is 1. The Hall–Kier alpha value is -1.79. The fourth-order valence-electron chi connectivity index (χ4n) is 3.31. The molecule has 3 N–H and O–H groups in total. The Bertz CT molecular complexity index is 454. The zero-order chi connectivity index (χ0) is 15.7. The first kappa shape index (κ1) is 15.6. The molecule has 0 aliphatic carbocycles. The lowest BCUT2D eigenvalue weighted by Gasteiger charge is -2.40. The Labute approximate surface area is 124 Å². The van der Waals surface area contributed by atoms with Gasteiger partial charge in [0, 0.05) is 25.2 Å². The lowest BCUT2D eigenvalue weighted by Crippen LogP contribution is -2.54. The van der Waals surface area contributed by atoms with Crippen LogP contribution in [0.4, 0.5) is 4.79 Å². The van der Waals surface area contributed by atoms with E-state index in [0.29, 0.717) is 25.9 Å². The summed E-state index contributed by atoms with van der Waals surface area (Å²) in [4.78, 5) is 38.4. The number of nitrogens with zero attached hydrogens (tertiary/aromatic N) is 2. The van der Waals surface area contributed by atoms with Gasteiger partial charge < -0.3 is 20.6 Å². The summed E-state index contributed by atoms with van der Waals surface area (Å²) < 4.78 is 0. The molecular formula is C14H23N3O4. The van der Waals surface area contributed by atoms with Gasteiger partial charge in [-0.05, 0) is 33.1 Å². The third-order valence-corrected chi connectivity index (χ3v) is 4.85. The number of urea groups is 1. The van der Waals surface area contributed by atoms with Crippen LogP contribution in [0, 0.1) is 11.8 Å². The number of carboxylic acid groups (broad SMARTS) is 1. The monoisotopic (exact) mass is 297 g/mol.